The molecule has 1 fully saturated rings. The second-order valence-electron chi connectivity index (χ2n) is 7.58. The van der Waals surface area contributed by atoms with Crippen LogP contribution in [0.2, 0.25) is 0 Å². The van der Waals surface area contributed by atoms with Crippen LogP contribution in [0.4, 0.5) is 0 Å². The quantitative estimate of drug-likeness (QED) is 0.709. The zero-order valence-corrected chi connectivity index (χ0v) is 16.5. The van der Waals surface area contributed by atoms with Crippen molar-refractivity contribution in [2.75, 3.05) is 26.2 Å². The molecule has 0 bridgehead atoms. The Balaban J connectivity index is 1.72. The van der Waals surface area contributed by atoms with Crippen LogP contribution in [0.5, 0.6) is 5.75 Å². The van der Waals surface area contributed by atoms with Crippen LogP contribution in [-0.4, -0.2) is 54.4 Å². The second-order valence-corrected chi connectivity index (χ2v) is 7.58. The maximum atomic E-state index is 12.3. The van der Waals surface area contributed by atoms with Crippen molar-refractivity contribution in [1.82, 2.24) is 15.5 Å². The number of hydrogen-bond donors (Lipinski definition) is 2. The summed E-state index contributed by atoms with van der Waals surface area (Å²) in [5.74, 6) is 0.0365. The number of rotatable bonds is 7. The number of nitrogens with one attached hydrogen (secondary N) is 2. The summed E-state index contributed by atoms with van der Waals surface area (Å²) in [5, 5.41) is 5.56. The van der Waals surface area contributed by atoms with Crippen LogP contribution < -0.4 is 15.4 Å². The molecule has 148 valence electrons. The van der Waals surface area contributed by atoms with Gasteiger partial charge in [0.15, 0.2) is 0 Å². The van der Waals surface area contributed by atoms with E-state index >= 15 is 0 Å². The highest BCUT2D eigenvalue weighted by molar-refractivity contribution is 5.94. The summed E-state index contributed by atoms with van der Waals surface area (Å²) in [4.78, 5) is 38.2. The van der Waals surface area contributed by atoms with Gasteiger partial charge in [-0.2, -0.15) is 0 Å². The van der Waals surface area contributed by atoms with Gasteiger partial charge in [0, 0.05) is 37.2 Å². The topological polar surface area (TPSA) is 87.7 Å². The van der Waals surface area contributed by atoms with Gasteiger partial charge >= 0.3 is 0 Å². The lowest BCUT2D eigenvalue weighted by atomic mass is 10.1. The molecule has 0 aromatic heterocycles. The third-order valence-electron chi connectivity index (χ3n) is 4.44. The third-order valence-corrected chi connectivity index (χ3v) is 4.44. The number of likely N-dealkylation sites (tertiary alicyclic amines) is 1. The average Bonchev–Trinajstić information content (AvgIpc) is 3.01. The minimum Gasteiger partial charge on any atom is -0.494 e. The van der Waals surface area contributed by atoms with Gasteiger partial charge < -0.3 is 20.3 Å². The van der Waals surface area contributed by atoms with Crippen molar-refractivity contribution >= 4 is 17.7 Å². The summed E-state index contributed by atoms with van der Waals surface area (Å²) in [6.07, 6.45) is 0.238. The molecule has 0 aliphatic carbocycles. The van der Waals surface area contributed by atoms with Crippen LogP contribution in [0.15, 0.2) is 24.3 Å². The summed E-state index contributed by atoms with van der Waals surface area (Å²) in [6.45, 7) is 9.43. The van der Waals surface area contributed by atoms with Crippen LogP contribution in [0.3, 0.4) is 0 Å². The van der Waals surface area contributed by atoms with E-state index < -0.39 is 0 Å². The zero-order valence-electron chi connectivity index (χ0n) is 16.5. The fourth-order valence-electron chi connectivity index (χ4n) is 3.01. The van der Waals surface area contributed by atoms with Gasteiger partial charge in [0.2, 0.25) is 11.8 Å². The van der Waals surface area contributed by atoms with E-state index in [9.17, 15) is 14.4 Å². The molecule has 7 nitrogen and oxygen atoms in total. The van der Waals surface area contributed by atoms with Crippen LogP contribution in [0.25, 0.3) is 0 Å². The molecule has 1 saturated heterocycles. The molecule has 3 amide bonds. The molecule has 1 heterocycles. The third kappa shape index (κ3) is 5.70. The molecule has 1 atom stereocenters. The van der Waals surface area contributed by atoms with Crippen molar-refractivity contribution in [1.29, 1.82) is 0 Å². The number of benzene rings is 1. The molecule has 7 heteroatoms. The predicted molar refractivity (Wildman–Crippen MR) is 103 cm³/mol. The van der Waals surface area contributed by atoms with E-state index in [0.717, 1.165) is 5.75 Å². The first-order valence-corrected chi connectivity index (χ1v) is 9.31. The molecular formula is C20H29N3O4. The maximum Gasteiger partial charge on any atom is 0.251 e. The molecule has 0 spiro atoms. The lowest BCUT2D eigenvalue weighted by Crippen LogP contribution is -2.43. The highest BCUT2D eigenvalue weighted by Gasteiger charge is 2.39. The monoisotopic (exact) mass is 375 g/mol. The number of carbonyl (C=O) groups is 3. The van der Waals surface area contributed by atoms with Crippen molar-refractivity contribution in [3.63, 3.8) is 0 Å². The standard InChI is InChI=1S/C20H29N3O4/c1-5-27-16-8-6-14(7-9-16)18(25)21-10-11-22-19(26)15-12-17(24)23(13-15)20(2,3)4/h6-9,15H,5,10-13H2,1-4H3,(H,21,25)(H,22,26). The number of amides is 3. The SMILES string of the molecule is CCOc1ccc(C(=O)NCCNC(=O)C2CC(=O)N(C(C)(C)C)C2)cc1. The minimum atomic E-state index is -0.335. The van der Waals surface area contributed by atoms with Gasteiger partial charge in [-0.3, -0.25) is 14.4 Å². The fraction of sp³-hybridized carbons (Fsp3) is 0.550. The predicted octanol–water partition coefficient (Wildman–Crippen LogP) is 1.58. The molecule has 27 heavy (non-hydrogen) atoms. The van der Waals surface area contributed by atoms with E-state index in [0.29, 0.717) is 31.8 Å². The van der Waals surface area contributed by atoms with E-state index in [4.69, 9.17) is 4.74 Å². The summed E-state index contributed by atoms with van der Waals surface area (Å²) in [5.41, 5.74) is 0.254. The Morgan fingerprint density at radius 3 is 2.33 bits per heavy atom. The fourth-order valence-corrected chi connectivity index (χ4v) is 3.01. The highest BCUT2D eigenvalue weighted by atomic mass is 16.5. The number of hydrogen-bond acceptors (Lipinski definition) is 4. The Morgan fingerprint density at radius 1 is 1.15 bits per heavy atom. The molecule has 0 radical (unpaired) electrons. The molecule has 1 unspecified atom stereocenters. The van der Waals surface area contributed by atoms with Crippen molar-refractivity contribution < 1.29 is 19.1 Å². The Morgan fingerprint density at radius 2 is 1.78 bits per heavy atom. The van der Waals surface area contributed by atoms with E-state index in [1.165, 1.54) is 0 Å². The van der Waals surface area contributed by atoms with Gasteiger partial charge in [-0.15, -0.1) is 0 Å². The van der Waals surface area contributed by atoms with Gasteiger partial charge in [0.1, 0.15) is 5.75 Å². The van der Waals surface area contributed by atoms with Crippen molar-refractivity contribution in [2.24, 2.45) is 5.92 Å². The number of ether oxygens (including phenoxy) is 1. The van der Waals surface area contributed by atoms with E-state index in [2.05, 4.69) is 10.6 Å². The van der Waals surface area contributed by atoms with Crippen LogP contribution in [0.1, 0.15) is 44.5 Å². The first kappa shape index (κ1) is 20.7. The molecule has 2 N–H and O–H groups in total. The largest absolute Gasteiger partial charge is 0.494 e. The summed E-state index contributed by atoms with van der Waals surface area (Å²) < 4.78 is 5.34. The first-order valence-electron chi connectivity index (χ1n) is 9.31. The van der Waals surface area contributed by atoms with Crippen LogP contribution >= 0.6 is 0 Å². The summed E-state index contributed by atoms with van der Waals surface area (Å²) in [7, 11) is 0. The van der Waals surface area contributed by atoms with Gasteiger partial charge in [0.05, 0.1) is 12.5 Å². The average molecular weight is 375 g/mol. The molecule has 1 aliphatic rings. The van der Waals surface area contributed by atoms with Crippen molar-refractivity contribution in [2.45, 2.75) is 39.7 Å². The van der Waals surface area contributed by atoms with E-state index in [1.54, 1.807) is 29.2 Å². The molecule has 0 saturated carbocycles. The molecule has 1 aromatic carbocycles. The summed E-state index contributed by atoms with van der Waals surface area (Å²) in [6, 6.07) is 6.89. The lowest BCUT2D eigenvalue weighted by Gasteiger charge is -2.31. The first-order chi connectivity index (χ1) is 12.7. The Labute approximate surface area is 160 Å². The second kappa shape index (κ2) is 8.88. The van der Waals surface area contributed by atoms with Crippen molar-refractivity contribution in [3.05, 3.63) is 29.8 Å². The number of nitrogens with zero attached hydrogens (tertiary/aromatic N) is 1. The molecule has 2 rings (SSSR count). The van der Waals surface area contributed by atoms with E-state index in [-0.39, 0.29) is 35.6 Å². The van der Waals surface area contributed by atoms with Crippen LogP contribution in [-0.2, 0) is 9.59 Å². The maximum absolute atomic E-state index is 12.3. The van der Waals surface area contributed by atoms with Gasteiger partial charge in [-0.1, -0.05) is 0 Å². The Hall–Kier alpha value is -2.57. The van der Waals surface area contributed by atoms with Crippen molar-refractivity contribution in [3.8, 4) is 5.75 Å². The highest BCUT2D eigenvalue weighted by Crippen LogP contribution is 2.25. The van der Waals surface area contributed by atoms with Crippen LogP contribution in [0, 0.1) is 5.92 Å². The minimum absolute atomic E-state index is 0.00597. The zero-order chi connectivity index (χ0) is 20.0. The van der Waals surface area contributed by atoms with Gasteiger partial charge in [0.25, 0.3) is 5.91 Å². The molecule has 1 aliphatic heterocycles. The number of carbonyl (C=O) groups excluding carboxylic acids is 3. The Kier molecular flexibility index (Phi) is 6.82. The summed E-state index contributed by atoms with van der Waals surface area (Å²) >= 11 is 0. The molecular weight excluding hydrogens is 346 g/mol. The molecule has 1 aromatic rings. The van der Waals surface area contributed by atoms with Gasteiger partial charge in [-0.25, -0.2) is 0 Å². The van der Waals surface area contributed by atoms with E-state index in [1.807, 2.05) is 27.7 Å². The van der Waals surface area contributed by atoms with Gasteiger partial charge in [-0.05, 0) is 52.0 Å². The normalized spacial score (nSPS) is 17.0. The Bertz CT molecular complexity index is 679. The smallest absolute Gasteiger partial charge is 0.251 e. The lowest BCUT2D eigenvalue weighted by molar-refractivity contribution is -0.132.